The molecule has 0 saturated carbocycles. The molecule has 1 N–H and O–H groups in total. The zero-order chi connectivity index (χ0) is 18.3. The smallest absolute Gasteiger partial charge is 0.267 e. The van der Waals surface area contributed by atoms with Crippen molar-refractivity contribution in [2.75, 3.05) is 31.5 Å². The third-order valence-corrected chi connectivity index (χ3v) is 6.28. The van der Waals surface area contributed by atoms with Crippen molar-refractivity contribution in [3.8, 4) is 0 Å². The van der Waals surface area contributed by atoms with Crippen LogP contribution in [0.5, 0.6) is 0 Å². The van der Waals surface area contributed by atoms with Crippen LogP contribution in [0.4, 0.5) is 14.5 Å². The van der Waals surface area contributed by atoms with E-state index in [2.05, 4.69) is 33.8 Å². The summed E-state index contributed by atoms with van der Waals surface area (Å²) in [5.41, 5.74) is 1.13. The molecule has 0 aliphatic carbocycles. The minimum absolute atomic E-state index is 0.185. The van der Waals surface area contributed by atoms with E-state index in [0.29, 0.717) is 0 Å². The maximum Gasteiger partial charge on any atom is 0.267 e. The fourth-order valence-corrected chi connectivity index (χ4v) is 4.93. The van der Waals surface area contributed by atoms with Crippen LogP contribution in [0, 0.1) is 0 Å². The number of alkyl halides is 2. The number of likely N-dealkylation sites (tertiary alicyclic amines) is 2. The van der Waals surface area contributed by atoms with Crippen LogP contribution in [0.1, 0.15) is 19.8 Å². The molecule has 7 heteroatoms. The summed E-state index contributed by atoms with van der Waals surface area (Å²) in [5, 5.41) is 6.90. The van der Waals surface area contributed by atoms with E-state index in [1.165, 1.54) is 15.0 Å². The minimum atomic E-state index is -2.75. The molecule has 4 rings (SSSR count). The Morgan fingerprint density at radius 2 is 2.23 bits per heavy atom. The van der Waals surface area contributed by atoms with Crippen LogP contribution in [0.3, 0.4) is 0 Å². The summed E-state index contributed by atoms with van der Waals surface area (Å²) in [5.74, 6) is -2.93. The molecule has 2 atom stereocenters. The van der Waals surface area contributed by atoms with E-state index in [-0.39, 0.29) is 31.0 Å². The van der Waals surface area contributed by atoms with Crippen molar-refractivity contribution in [1.82, 2.24) is 9.80 Å². The van der Waals surface area contributed by atoms with E-state index >= 15 is 0 Å². The predicted molar refractivity (Wildman–Crippen MR) is 101 cm³/mol. The van der Waals surface area contributed by atoms with Gasteiger partial charge in [-0.25, -0.2) is 8.78 Å². The molecule has 1 amide bonds. The van der Waals surface area contributed by atoms with Gasteiger partial charge in [0, 0.05) is 31.6 Å². The highest BCUT2D eigenvalue weighted by Crippen LogP contribution is 2.32. The highest BCUT2D eigenvalue weighted by molar-refractivity contribution is 7.17. The number of carbonyl (C=O) groups excluding carboxylic acids is 1. The van der Waals surface area contributed by atoms with Crippen LogP contribution < -0.4 is 5.32 Å². The maximum atomic E-state index is 13.5. The zero-order valence-electron chi connectivity index (χ0n) is 14.8. The summed E-state index contributed by atoms with van der Waals surface area (Å²) < 4.78 is 28.3. The normalized spacial score (nSPS) is 25.9. The molecule has 140 valence electrons. The second kappa shape index (κ2) is 6.78. The number of rotatable bonds is 4. The minimum Gasteiger partial charge on any atom is -0.380 e. The van der Waals surface area contributed by atoms with Crippen molar-refractivity contribution in [3.63, 3.8) is 0 Å². The van der Waals surface area contributed by atoms with Gasteiger partial charge in [-0.3, -0.25) is 9.69 Å². The number of nitrogens with zero attached hydrogens (tertiary/aromatic N) is 2. The molecule has 4 nitrogen and oxygen atoms in total. The lowest BCUT2D eigenvalue weighted by molar-refractivity contribution is -0.134. The molecule has 1 aromatic carbocycles. The monoisotopic (exact) mass is 379 g/mol. The molecular formula is C19H23F2N3OS. The van der Waals surface area contributed by atoms with Gasteiger partial charge in [0.2, 0.25) is 5.91 Å². The lowest BCUT2D eigenvalue weighted by Crippen LogP contribution is -2.42. The van der Waals surface area contributed by atoms with Gasteiger partial charge >= 0.3 is 0 Å². The Hall–Kier alpha value is -1.73. The number of nitrogens with one attached hydrogen (secondary N) is 1. The first-order valence-corrected chi connectivity index (χ1v) is 9.92. The lowest BCUT2D eigenvalue weighted by Gasteiger charge is -2.24. The second-order valence-electron chi connectivity index (χ2n) is 7.44. The van der Waals surface area contributed by atoms with E-state index in [9.17, 15) is 13.6 Å². The molecular weight excluding hydrogens is 356 g/mol. The summed E-state index contributed by atoms with van der Waals surface area (Å²) in [4.78, 5) is 15.8. The molecule has 2 saturated heterocycles. The molecule has 3 heterocycles. The highest BCUT2D eigenvalue weighted by atomic mass is 32.1. The summed E-state index contributed by atoms with van der Waals surface area (Å²) in [6.07, 6.45) is 0.717. The summed E-state index contributed by atoms with van der Waals surface area (Å²) in [6.45, 7) is 3.05. The summed E-state index contributed by atoms with van der Waals surface area (Å²) in [7, 11) is 0. The topological polar surface area (TPSA) is 35.6 Å². The third-order valence-electron chi connectivity index (χ3n) is 5.32. The van der Waals surface area contributed by atoms with Gasteiger partial charge in [0.05, 0.1) is 23.5 Å². The Morgan fingerprint density at radius 1 is 1.38 bits per heavy atom. The van der Waals surface area contributed by atoms with Gasteiger partial charge in [-0.15, -0.1) is 11.3 Å². The number of hydrogen-bond donors (Lipinski definition) is 1. The Labute approximate surface area is 155 Å². The van der Waals surface area contributed by atoms with Crippen molar-refractivity contribution in [3.05, 3.63) is 29.6 Å². The molecule has 26 heavy (non-hydrogen) atoms. The van der Waals surface area contributed by atoms with Gasteiger partial charge in [-0.1, -0.05) is 12.1 Å². The maximum absolute atomic E-state index is 13.5. The van der Waals surface area contributed by atoms with Crippen LogP contribution in [-0.2, 0) is 4.79 Å². The number of benzene rings is 1. The Kier molecular flexibility index (Phi) is 4.61. The first-order chi connectivity index (χ1) is 12.4. The lowest BCUT2D eigenvalue weighted by atomic mass is 10.2. The van der Waals surface area contributed by atoms with Crippen LogP contribution in [0.15, 0.2) is 29.6 Å². The largest absolute Gasteiger partial charge is 0.380 e. The van der Waals surface area contributed by atoms with Gasteiger partial charge in [0.15, 0.2) is 0 Å². The molecule has 2 aliphatic heterocycles. The Balaban J connectivity index is 1.34. The first kappa shape index (κ1) is 17.7. The van der Waals surface area contributed by atoms with Crippen LogP contribution >= 0.6 is 11.3 Å². The molecule has 0 radical (unpaired) electrons. The number of halogens is 2. The molecule has 0 spiro atoms. The summed E-state index contributed by atoms with van der Waals surface area (Å²) in [6, 6.07) is 8.23. The fraction of sp³-hybridized carbons (Fsp3) is 0.526. The molecule has 0 bridgehead atoms. The van der Waals surface area contributed by atoms with E-state index in [4.69, 9.17) is 0 Å². The molecule has 2 aromatic rings. The molecule has 2 fully saturated rings. The third kappa shape index (κ3) is 3.55. The zero-order valence-corrected chi connectivity index (χ0v) is 15.6. The van der Waals surface area contributed by atoms with Crippen LogP contribution in [0.2, 0.25) is 0 Å². The predicted octanol–water partition coefficient (Wildman–Crippen LogP) is 3.64. The SMILES string of the molecule is C[C@@H]1CC(F)(F)CN1C(=O)CN1CC[C@H](Nc2cccc3ccsc23)C1. The molecule has 2 aliphatic rings. The fourth-order valence-electron chi connectivity index (χ4n) is 4.05. The number of hydrogen-bond acceptors (Lipinski definition) is 4. The van der Waals surface area contributed by atoms with Crippen molar-refractivity contribution in [2.24, 2.45) is 0 Å². The van der Waals surface area contributed by atoms with Crippen molar-refractivity contribution in [2.45, 2.75) is 37.8 Å². The van der Waals surface area contributed by atoms with Crippen LogP contribution in [0.25, 0.3) is 10.1 Å². The van der Waals surface area contributed by atoms with Gasteiger partial charge < -0.3 is 10.2 Å². The van der Waals surface area contributed by atoms with Gasteiger partial charge in [-0.2, -0.15) is 0 Å². The van der Waals surface area contributed by atoms with Crippen molar-refractivity contribution >= 4 is 33.0 Å². The van der Waals surface area contributed by atoms with E-state index < -0.39 is 12.5 Å². The van der Waals surface area contributed by atoms with E-state index in [1.807, 2.05) is 6.07 Å². The van der Waals surface area contributed by atoms with Crippen molar-refractivity contribution in [1.29, 1.82) is 0 Å². The second-order valence-corrected chi connectivity index (χ2v) is 8.36. The van der Waals surface area contributed by atoms with E-state index in [0.717, 1.165) is 25.2 Å². The quantitative estimate of drug-likeness (QED) is 0.881. The number of thiophene rings is 1. The average molecular weight is 379 g/mol. The standard InChI is InChI=1S/C19H23F2N3OS/c1-13-9-19(20,21)12-24(13)17(25)11-23-7-5-15(10-23)22-16-4-2-3-14-6-8-26-18(14)16/h2-4,6,8,13,15,22H,5,7,9-12H2,1H3/t13-,15+/m1/s1. The van der Waals surface area contributed by atoms with E-state index in [1.54, 1.807) is 18.3 Å². The van der Waals surface area contributed by atoms with Gasteiger partial charge in [0.25, 0.3) is 5.92 Å². The van der Waals surface area contributed by atoms with Crippen LogP contribution in [-0.4, -0.2) is 59.9 Å². The number of anilines is 1. The number of amides is 1. The number of fused-ring (bicyclic) bond motifs is 1. The van der Waals surface area contributed by atoms with Gasteiger partial charge in [0.1, 0.15) is 0 Å². The highest BCUT2D eigenvalue weighted by Gasteiger charge is 2.45. The Morgan fingerprint density at radius 3 is 3.00 bits per heavy atom. The van der Waals surface area contributed by atoms with Crippen molar-refractivity contribution < 1.29 is 13.6 Å². The number of carbonyl (C=O) groups is 1. The molecule has 0 unspecified atom stereocenters. The average Bonchev–Trinajstić information content (AvgIpc) is 3.27. The van der Waals surface area contributed by atoms with Gasteiger partial charge in [-0.05, 0) is 36.2 Å². The summed E-state index contributed by atoms with van der Waals surface area (Å²) >= 11 is 1.72. The first-order valence-electron chi connectivity index (χ1n) is 9.04. The molecule has 1 aromatic heterocycles. The Bertz CT molecular complexity index is 809.